The molecule has 0 spiro atoms. The topological polar surface area (TPSA) is 17.1 Å². The highest BCUT2D eigenvalue weighted by Gasteiger charge is 2.34. The summed E-state index contributed by atoms with van der Waals surface area (Å²) in [6, 6.07) is 0. The average molecular weight is 182 g/mol. The molecule has 0 aromatic rings. The number of hydrogen-bond donors (Lipinski definition) is 0. The highest BCUT2D eigenvalue weighted by atomic mass is 16.1. The van der Waals surface area contributed by atoms with E-state index in [1.807, 2.05) is 0 Å². The van der Waals surface area contributed by atoms with Crippen LogP contribution in [0.1, 0.15) is 47.0 Å². The molecule has 1 aliphatic rings. The van der Waals surface area contributed by atoms with E-state index in [4.69, 9.17) is 0 Å². The van der Waals surface area contributed by atoms with Crippen molar-refractivity contribution in [3.63, 3.8) is 0 Å². The second kappa shape index (κ2) is 4.26. The van der Waals surface area contributed by atoms with Crippen LogP contribution in [0.3, 0.4) is 0 Å². The van der Waals surface area contributed by atoms with Gasteiger partial charge in [-0.25, -0.2) is 0 Å². The molecule has 1 saturated carbocycles. The van der Waals surface area contributed by atoms with Crippen LogP contribution in [-0.2, 0) is 4.79 Å². The van der Waals surface area contributed by atoms with Crippen molar-refractivity contribution in [3.8, 4) is 0 Å². The highest BCUT2D eigenvalue weighted by molar-refractivity contribution is 5.78. The lowest BCUT2D eigenvalue weighted by Gasteiger charge is -2.15. The van der Waals surface area contributed by atoms with Crippen LogP contribution < -0.4 is 0 Å². The summed E-state index contributed by atoms with van der Waals surface area (Å²) in [5, 5.41) is 0. The molecule has 0 heterocycles. The van der Waals surface area contributed by atoms with Gasteiger partial charge < -0.3 is 0 Å². The minimum atomic E-state index is 0.291. The normalized spacial score (nSPS) is 36.2. The lowest BCUT2D eigenvalue weighted by Crippen LogP contribution is -2.16. The Kier molecular flexibility index (Phi) is 3.52. The minimum Gasteiger partial charge on any atom is -0.300 e. The Bertz CT molecular complexity index is 186. The van der Waals surface area contributed by atoms with Gasteiger partial charge in [-0.3, -0.25) is 4.79 Å². The Labute approximate surface area is 81.9 Å². The average Bonchev–Trinajstić information content (AvgIpc) is 2.45. The number of rotatable bonds is 3. The van der Waals surface area contributed by atoms with Crippen LogP contribution in [0.25, 0.3) is 0 Å². The first-order valence-corrected chi connectivity index (χ1v) is 5.56. The molecule has 0 aromatic heterocycles. The maximum absolute atomic E-state index is 11.2. The van der Waals surface area contributed by atoms with Gasteiger partial charge in [-0.1, -0.05) is 27.2 Å². The molecular formula is C12H22O. The van der Waals surface area contributed by atoms with E-state index in [-0.39, 0.29) is 0 Å². The molecule has 1 fully saturated rings. The zero-order chi connectivity index (χ0) is 10.0. The van der Waals surface area contributed by atoms with E-state index in [0.717, 1.165) is 11.8 Å². The van der Waals surface area contributed by atoms with Gasteiger partial charge in [0.1, 0.15) is 5.78 Å². The molecule has 4 atom stereocenters. The van der Waals surface area contributed by atoms with Crippen LogP contribution in [-0.4, -0.2) is 5.78 Å². The summed E-state index contributed by atoms with van der Waals surface area (Å²) in [5.41, 5.74) is 0. The fourth-order valence-corrected chi connectivity index (χ4v) is 2.70. The first kappa shape index (κ1) is 10.7. The molecule has 1 heteroatoms. The van der Waals surface area contributed by atoms with Crippen molar-refractivity contribution >= 4 is 5.78 Å². The third-order valence-electron chi connectivity index (χ3n) is 3.96. The van der Waals surface area contributed by atoms with Crippen molar-refractivity contribution in [3.05, 3.63) is 0 Å². The largest absolute Gasteiger partial charge is 0.300 e. The van der Waals surface area contributed by atoms with E-state index >= 15 is 0 Å². The molecule has 1 aliphatic carbocycles. The second-order valence-corrected chi connectivity index (χ2v) is 4.78. The molecule has 0 amide bonds. The zero-order valence-corrected chi connectivity index (χ0v) is 9.34. The summed E-state index contributed by atoms with van der Waals surface area (Å²) >= 11 is 0. The predicted molar refractivity (Wildman–Crippen MR) is 55.5 cm³/mol. The Balaban J connectivity index is 2.52. The van der Waals surface area contributed by atoms with Gasteiger partial charge in [-0.2, -0.15) is 0 Å². The quantitative estimate of drug-likeness (QED) is 0.654. The predicted octanol–water partition coefficient (Wildman–Crippen LogP) is 3.28. The molecule has 0 N–H and O–H groups in total. The van der Waals surface area contributed by atoms with E-state index in [9.17, 15) is 4.79 Å². The molecular weight excluding hydrogens is 160 g/mol. The molecule has 0 saturated heterocycles. The molecule has 1 rings (SSSR count). The molecule has 0 bridgehead atoms. The number of ketones is 1. The van der Waals surface area contributed by atoms with Crippen molar-refractivity contribution < 1.29 is 4.79 Å². The smallest absolute Gasteiger partial charge is 0.132 e. The summed E-state index contributed by atoms with van der Waals surface area (Å²) < 4.78 is 0. The third kappa shape index (κ3) is 2.32. The lowest BCUT2D eigenvalue weighted by molar-refractivity contribution is -0.121. The van der Waals surface area contributed by atoms with Crippen molar-refractivity contribution in [2.24, 2.45) is 23.7 Å². The summed E-state index contributed by atoms with van der Waals surface area (Å²) in [4.78, 5) is 11.2. The summed E-state index contributed by atoms with van der Waals surface area (Å²) in [6.07, 6.45) is 3.82. The summed E-state index contributed by atoms with van der Waals surface area (Å²) in [5.74, 6) is 3.02. The molecule has 0 aromatic carbocycles. The molecule has 4 unspecified atom stereocenters. The van der Waals surface area contributed by atoms with E-state index in [1.165, 1.54) is 19.3 Å². The highest BCUT2D eigenvalue weighted by Crippen LogP contribution is 2.41. The van der Waals surface area contributed by atoms with Crippen molar-refractivity contribution in [1.82, 2.24) is 0 Å². The van der Waals surface area contributed by atoms with Gasteiger partial charge in [0.2, 0.25) is 0 Å². The van der Waals surface area contributed by atoms with Gasteiger partial charge in [0.05, 0.1) is 0 Å². The zero-order valence-electron chi connectivity index (χ0n) is 9.34. The molecule has 76 valence electrons. The fourth-order valence-electron chi connectivity index (χ4n) is 2.70. The van der Waals surface area contributed by atoms with Gasteiger partial charge in [0.25, 0.3) is 0 Å². The van der Waals surface area contributed by atoms with Crippen molar-refractivity contribution in [1.29, 1.82) is 0 Å². The fraction of sp³-hybridized carbons (Fsp3) is 0.917. The Morgan fingerprint density at radius 1 is 1.46 bits per heavy atom. The van der Waals surface area contributed by atoms with E-state index in [0.29, 0.717) is 17.6 Å². The van der Waals surface area contributed by atoms with Crippen LogP contribution >= 0.6 is 0 Å². The lowest BCUT2D eigenvalue weighted by atomic mass is 9.88. The standard InChI is InChI=1S/C12H22O/c1-5-11-7-12(6-8(11)2)9(3)10(4)13/h8-9,11-12H,5-7H2,1-4H3. The minimum absolute atomic E-state index is 0.291. The van der Waals surface area contributed by atoms with Gasteiger partial charge >= 0.3 is 0 Å². The monoisotopic (exact) mass is 182 g/mol. The second-order valence-electron chi connectivity index (χ2n) is 4.78. The maximum atomic E-state index is 11.2. The number of Topliss-reactive ketones (excluding diaryl/α,β-unsaturated/α-hetero) is 1. The first-order valence-electron chi connectivity index (χ1n) is 5.56. The van der Waals surface area contributed by atoms with Crippen LogP contribution in [0.4, 0.5) is 0 Å². The van der Waals surface area contributed by atoms with Crippen molar-refractivity contribution in [2.75, 3.05) is 0 Å². The molecule has 0 aliphatic heterocycles. The maximum Gasteiger partial charge on any atom is 0.132 e. The first-order chi connectivity index (χ1) is 6.06. The molecule has 0 radical (unpaired) electrons. The van der Waals surface area contributed by atoms with Gasteiger partial charge in [-0.15, -0.1) is 0 Å². The van der Waals surface area contributed by atoms with Crippen LogP contribution in [0.5, 0.6) is 0 Å². The number of hydrogen-bond acceptors (Lipinski definition) is 1. The Hall–Kier alpha value is -0.330. The van der Waals surface area contributed by atoms with E-state index in [1.54, 1.807) is 6.92 Å². The van der Waals surface area contributed by atoms with Crippen LogP contribution in [0.2, 0.25) is 0 Å². The van der Waals surface area contributed by atoms with Crippen molar-refractivity contribution in [2.45, 2.75) is 47.0 Å². The van der Waals surface area contributed by atoms with Gasteiger partial charge in [0, 0.05) is 5.92 Å². The number of carbonyl (C=O) groups excluding carboxylic acids is 1. The SMILES string of the molecule is CCC1CC(C(C)C(C)=O)CC1C. The molecule has 13 heavy (non-hydrogen) atoms. The molecule has 1 nitrogen and oxygen atoms in total. The van der Waals surface area contributed by atoms with E-state index < -0.39 is 0 Å². The Morgan fingerprint density at radius 3 is 2.46 bits per heavy atom. The van der Waals surface area contributed by atoms with Crippen LogP contribution in [0, 0.1) is 23.7 Å². The third-order valence-corrected chi connectivity index (χ3v) is 3.96. The van der Waals surface area contributed by atoms with Crippen LogP contribution in [0.15, 0.2) is 0 Å². The van der Waals surface area contributed by atoms with Gasteiger partial charge in [0.15, 0.2) is 0 Å². The Morgan fingerprint density at radius 2 is 2.08 bits per heavy atom. The van der Waals surface area contributed by atoms with E-state index in [2.05, 4.69) is 20.8 Å². The number of carbonyl (C=O) groups is 1. The summed E-state index contributed by atoms with van der Waals surface area (Å²) in [7, 11) is 0. The summed E-state index contributed by atoms with van der Waals surface area (Å²) in [6.45, 7) is 8.43. The van der Waals surface area contributed by atoms with Gasteiger partial charge in [-0.05, 0) is 37.5 Å².